The lowest BCUT2D eigenvalue weighted by atomic mass is 9.96. The fraction of sp³-hybridized carbons (Fsp3) is 0.769. The largest absolute Gasteiger partial charge is 0.379 e. The van der Waals surface area contributed by atoms with E-state index >= 15 is 0 Å². The average molecular weight is 240 g/mol. The van der Waals surface area contributed by atoms with Gasteiger partial charge in [-0.15, -0.1) is 6.58 Å². The van der Waals surface area contributed by atoms with Crippen molar-refractivity contribution in [3.05, 3.63) is 12.7 Å². The molecule has 1 unspecified atom stereocenters. The van der Waals surface area contributed by atoms with E-state index in [-0.39, 0.29) is 5.91 Å². The summed E-state index contributed by atoms with van der Waals surface area (Å²) in [5.41, 5.74) is 0. The molecule has 1 aliphatic heterocycles. The van der Waals surface area contributed by atoms with Crippen LogP contribution in [-0.2, 0) is 9.53 Å². The zero-order chi connectivity index (χ0) is 12.3. The minimum atomic E-state index is 0.144. The Kier molecular flexibility index (Phi) is 7.67. The molecule has 0 bridgehead atoms. The Labute approximate surface area is 104 Å². The zero-order valence-electron chi connectivity index (χ0n) is 10.5. The van der Waals surface area contributed by atoms with E-state index in [1.54, 1.807) is 0 Å². The van der Waals surface area contributed by atoms with Crippen molar-refractivity contribution in [2.75, 3.05) is 32.8 Å². The first-order valence-corrected chi connectivity index (χ1v) is 6.49. The zero-order valence-corrected chi connectivity index (χ0v) is 10.5. The lowest BCUT2D eigenvalue weighted by molar-refractivity contribution is -0.122. The van der Waals surface area contributed by atoms with Crippen LogP contribution in [0.25, 0.3) is 0 Å². The summed E-state index contributed by atoms with van der Waals surface area (Å²) in [5.74, 6) is 0.649. The third-order valence-electron chi connectivity index (χ3n) is 2.91. The standard InChI is InChI=1S/C13H24N2O2/c1-2-3-8-17-9-7-15-13(16)10-12-5-4-6-14-11-12/h2,12,14H,1,3-11H2,(H,15,16). The Morgan fingerprint density at radius 3 is 3.12 bits per heavy atom. The van der Waals surface area contributed by atoms with E-state index in [4.69, 9.17) is 4.74 Å². The van der Waals surface area contributed by atoms with Gasteiger partial charge in [-0.3, -0.25) is 4.79 Å². The summed E-state index contributed by atoms with van der Waals surface area (Å²) >= 11 is 0. The Balaban J connectivity index is 1.95. The average Bonchev–Trinajstić information content (AvgIpc) is 2.35. The van der Waals surface area contributed by atoms with E-state index in [1.807, 2.05) is 6.08 Å². The summed E-state index contributed by atoms with van der Waals surface area (Å²) in [5, 5.41) is 6.21. The molecule has 1 fully saturated rings. The van der Waals surface area contributed by atoms with Crippen LogP contribution in [0.4, 0.5) is 0 Å². The smallest absolute Gasteiger partial charge is 0.220 e. The number of rotatable bonds is 8. The number of ether oxygens (including phenoxy) is 1. The second kappa shape index (κ2) is 9.19. The van der Waals surface area contributed by atoms with Crippen LogP contribution < -0.4 is 10.6 Å². The highest BCUT2D eigenvalue weighted by molar-refractivity contribution is 5.76. The second-order valence-corrected chi connectivity index (χ2v) is 4.46. The number of hydrogen-bond donors (Lipinski definition) is 2. The maximum Gasteiger partial charge on any atom is 0.220 e. The predicted molar refractivity (Wildman–Crippen MR) is 68.9 cm³/mol. The summed E-state index contributed by atoms with van der Waals surface area (Å²) in [4.78, 5) is 11.6. The van der Waals surface area contributed by atoms with Gasteiger partial charge >= 0.3 is 0 Å². The van der Waals surface area contributed by atoms with Crippen molar-refractivity contribution in [1.29, 1.82) is 0 Å². The van der Waals surface area contributed by atoms with Crippen LogP contribution in [-0.4, -0.2) is 38.8 Å². The van der Waals surface area contributed by atoms with E-state index in [0.717, 1.165) is 25.9 Å². The van der Waals surface area contributed by atoms with Gasteiger partial charge in [0.05, 0.1) is 13.2 Å². The monoisotopic (exact) mass is 240 g/mol. The van der Waals surface area contributed by atoms with Crippen molar-refractivity contribution < 1.29 is 9.53 Å². The molecule has 1 heterocycles. The first-order chi connectivity index (χ1) is 8.33. The molecule has 0 aromatic rings. The first-order valence-electron chi connectivity index (χ1n) is 6.49. The first kappa shape index (κ1) is 14.2. The van der Waals surface area contributed by atoms with Gasteiger partial charge in [-0.1, -0.05) is 6.08 Å². The molecule has 4 nitrogen and oxygen atoms in total. The van der Waals surface area contributed by atoms with Gasteiger partial charge in [0.25, 0.3) is 0 Å². The van der Waals surface area contributed by atoms with Crippen molar-refractivity contribution >= 4 is 5.91 Å². The third-order valence-corrected chi connectivity index (χ3v) is 2.91. The van der Waals surface area contributed by atoms with Gasteiger partial charge in [0, 0.05) is 13.0 Å². The summed E-state index contributed by atoms with van der Waals surface area (Å²) in [6, 6.07) is 0. The van der Waals surface area contributed by atoms with Crippen LogP contribution in [0.2, 0.25) is 0 Å². The fourth-order valence-corrected chi connectivity index (χ4v) is 1.96. The number of amides is 1. The summed E-state index contributed by atoms with van der Waals surface area (Å²) in [7, 11) is 0. The lowest BCUT2D eigenvalue weighted by Crippen LogP contribution is -2.35. The van der Waals surface area contributed by atoms with Crippen LogP contribution in [0.3, 0.4) is 0 Å². The molecule has 4 heteroatoms. The van der Waals surface area contributed by atoms with Gasteiger partial charge in [-0.2, -0.15) is 0 Å². The SMILES string of the molecule is C=CCCOCCNC(=O)CC1CCCNC1. The Hall–Kier alpha value is -0.870. The second-order valence-electron chi connectivity index (χ2n) is 4.46. The van der Waals surface area contributed by atoms with Gasteiger partial charge in [0.15, 0.2) is 0 Å². The Morgan fingerprint density at radius 2 is 2.41 bits per heavy atom. The topological polar surface area (TPSA) is 50.4 Å². The van der Waals surface area contributed by atoms with Crippen LogP contribution in [0.5, 0.6) is 0 Å². The van der Waals surface area contributed by atoms with Gasteiger partial charge < -0.3 is 15.4 Å². The highest BCUT2D eigenvalue weighted by atomic mass is 16.5. The number of carbonyl (C=O) groups excluding carboxylic acids is 1. The molecule has 1 rings (SSSR count). The summed E-state index contributed by atoms with van der Waals surface area (Å²) in [6.07, 6.45) is 5.68. The van der Waals surface area contributed by atoms with E-state index < -0.39 is 0 Å². The van der Waals surface area contributed by atoms with Gasteiger partial charge in [-0.05, 0) is 38.3 Å². The number of hydrogen-bond acceptors (Lipinski definition) is 3. The minimum absolute atomic E-state index is 0.144. The number of piperidine rings is 1. The summed E-state index contributed by atoms with van der Waals surface area (Å²) in [6.45, 7) is 7.56. The molecule has 0 radical (unpaired) electrons. The van der Waals surface area contributed by atoms with E-state index in [9.17, 15) is 4.79 Å². The van der Waals surface area contributed by atoms with Gasteiger partial charge in [-0.25, -0.2) is 0 Å². The molecule has 0 aliphatic carbocycles. The molecular formula is C13H24N2O2. The molecule has 1 aliphatic rings. The van der Waals surface area contributed by atoms with Crippen LogP contribution >= 0.6 is 0 Å². The molecule has 0 aromatic heterocycles. The highest BCUT2D eigenvalue weighted by Gasteiger charge is 2.16. The summed E-state index contributed by atoms with van der Waals surface area (Å²) < 4.78 is 5.32. The minimum Gasteiger partial charge on any atom is -0.379 e. The number of carbonyl (C=O) groups is 1. The molecule has 1 amide bonds. The highest BCUT2D eigenvalue weighted by Crippen LogP contribution is 2.13. The van der Waals surface area contributed by atoms with Crippen LogP contribution in [0, 0.1) is 5.92 Å². The van der Waals surface area contributed by atoms with E-state index in [2.05, 4.69) is 17.2 Å². The molecule has 0 spiro atoms. The van der Waals surface area contributed by atoms with Crippen molar-refractivity contribution in [3.63, 3.8) is 0 Å². The van der Waals surface area contributed by atoms with Crippen LogP contribution in [0.1, 0.15) is 25.7 Å². The Morgan fingerprint density at radius 1 is 1.53 bits per heavy atom. The predicted octanol–water partition coefficient (Wildman–Crippen LogP) is 1.08. The molecular weight excluding hydrogens is 216 g/mol. The van der Waals surface area contributed by atoms with Gasteiger partial charge in [0.1, 0.15) is 0 Å². The maximum absolute atomic E-state index is 11.6. The molecule has 1 atom stereocenters. The molecule has 0 saturated carbocycles. The molecule has 0 aromatic carbocycles. The maximum atomic E-state index is 11.6. The van der Waals surface area contributed by atoms with E-state index in [1.165, 1.54) is 6.42 Å². The third kappa shape index (κ3) is 7.13. The van der Waals surface area contributed by atoms with E-state index in [0.29, 0.717) is 32.1 Å². The van der Waals surface area contributed by atoms with Crippen molar-refractivity contribution in [2.24, 2.45) is 5.92 Å². The fourth-order valence-electron chi connectivity index (χ4n) is 1.96. The van der Waals surface area contributed by atoms with Crippen molar-refractivity contribution in [2.45, 2.75) is 25.7 Å². The molecule has 2 N–H and O–H groups in total. The molecule has 17 heavy (non-hydrogen) atoms. The van der Waals surface area contributed by atoms with Crippen molar-refractivity contribution in [3.8, 4) is 0 Å². The van der Waals surface area contributed by atoms with Crippen molar-refractivity contribution in [1.82, 2.24) is 10.6 Å². The molecule has 98 valence electrons. The van der Waals surface area contributed by atoms with Crippen LogP contribution in [0.15, 0.2) is 12.7 Å². The van der Waals surface area contributed by atoms with Gasteiger partial charge in [0.2, 0.25) is 5.91 Å². The Bertz CT molecular complexity index is 225. The number of nitrogens with one attached hydrogen (secondary N) is 2. The quantitative estimate of drug-likeness (QED) is 0.493. The normalized spacial score (nSPS) is 19.9. The lowest BCUT2D eigenvalue weighted by Gasteiger charge is -2.22. The molecule has 1 saturated heterocycles.